The van der Waals surface area contributed by atoms with Crippen molar-refractivity contribution in [3.05, 3.63) is 71.5 Å². The van der Waals surface area contributed by atoms with Crippen LogP contribution in [0.5, 0.6) is 0 Å². The number of carbonyl (C=O) groups excluding carboxylic acids is 1. The zero-order valence-electron chi connectivity index (χ0n) is 14.7. The molecule has 0 bridgehead atoms. The van der Waals surface area contributed by atoms with Gasteiger partial charge in [0.25, 0.3) is 0 Å². The molecule has 0 saturated heterocycles. The minimum atomic E-state index is -0.333. The lowest BCUT2D eigenvalue weighted by atomic mass is 10.1. The summed E-state index contributed by atoms with van der Waals surface area (Å²) in [5, 5.41) is 9.13. The van der Waals surface area contributed by atoms with Gasteiger partial charge < -0.3 is 16.0 Å². The number of hydrogen-bond acceptors (Lipinski definition) is 2. The Morgan fingerprint density at radius 1 is 0.962 bits per heavy atom. The average molecular weight is 470 g/mol. The zero-order valence-corrected chi connectivity index (χ0v) is 17.0. The number of halogens is 2. The van der Waals surface area contributed by atoms with Gasteiger partial charge in [0.1, 0.15) is 5.82 Å². The van der Waals surface area contributed by atoms with E-state index >= 15 is 0 Å². The number of guanidine groups is 1. The third kappa shape index (κ3) is 8.28. The van der Waals surface area contributed by atoms with Crippen LogP contribution in [-0.2, 0) is 17.8 Å². The molecule has 0 spiro atoms. The third-order valence-corrected chi connectivity index (χ3v) is 3.52. The summed E-state index contributed by atoms with van der Waals surface area (Å²) in [5.41, 5.74) is 1.82. The van der Waals surface area contributed by atoms with Crippen molar-refractivity contribution in [2.75, 3.05) is 20.1 Å². The van der Waals surface area contributed by atoms with Crippen LogP contribution >= 0.6 is 24.0 Å². The molecule has 0 aliphatic rings. The van der Waals surface area contributed by atoms with Crippen molar-refractivity contribution in [3.8, 4) is 0 Å². The predicted molar refractivity (Wildman–Crippen MR) is 113 cm³/mol. The van der Waals surface area contributed by atoms with Crippen LogP contribution in [0.15, 0.2) is 59.6 Å². The lowest BCUT2D eigenvalue weighted by molar-refractivity contribution is -0.120. The van der Waals surface area contributed by atoms with Crippen LogP contribution in [0.25, 0.3) is 0 Å². The van der Waals surface area contributed by atoms with Crippen molar-refractivity contribution >= 4 is 35.8 Å². The second-order valence-electron chi connectivity index (χ2n) is 5.49. The largest absolute Gasteiger partial charge is 0.355 e. The van der Waals surface area contributed by atoms with Crippen molar-refractivity contribution in [2.45, 2.75) is 13.0 Å². The van der Waals surface area contributed by atoms with Gasteiger partial charge in [-0.3, -0.25) is 9.79 Å². The maximum atomic E-state index is 13.1. The molecule has 3 N–H and O–H groups in total. The maximum absolute atomic E-state index is 13.1. The normalized spacial score (nSPS) is 10.6. The standard InChI is InChI=1S/C19H23FN4O.HI/c1-21-19(24-14-15-6-3-2-4-7-15)23-11-10-22-18(25)13-16-8-5-9-17(20)12-16;/h2-9,12H,10-11,13-14H2,1H3,(H,22,25)(H2,21,23,24);1H. The molecule has 0 aromatic heterocycles. The number of aliphatic imine (C=N–C) groups is 1. The lowest BCUT2D eigenvalue weighted by Crippen LogP contribution is -2.41. The molecule has 2 aromatic rings. The summed E-state index contributed by atoms with van der Waals surface area (Å²) < 4.78 is 13.1. The molecule has 26 heavy (non-hydrogen) atoms. The van der Waals surface area contributed by atoms with E-state index in [1.807, 2.05) is 30.3 Å². The Hall–Kier alpha value is -2.16. The summed E-state index contributed by atoms with van der Waals surface area (Å²) in [7, 11) is 1.70. The van der Waals surface area contributed by atoms with Crippen molar-refractivity contribution in [2.24, 2.45) is 4.99 Å². The molecule has 0 fully saturated rings. The number of rotatable bonds is 7. The molecule has 0 radical (unpaired) electrons. The van der Waals surface area contributed by atoms with Crippen LogP contribution in [0.2, 0.25) is 0 Å². The molecule has 7 heteroatoms. The molecule has 0 saturated carbocycles. The number of benzene rings is 2. The zero-order chi connectivity index (χ0) is 17.9. The fourth-order valence-corrected chi connectivity index (χ4v) is 2.28. The topological polar surface area (TPSA) is 65.5 Å². The van der Waals surface area contributed by atoms with E-state index in [9.17, 15) is 9.18 Å². The van der Waals surface area contributed by atoms with Crippen LogP contribution in [0, 0.1) is 5.82 Å². The van der Waals surface area contributed by atoms with Gasteiger partial charge in [-0.1, -0.05) is 42.5 Å². The molecular formula is C19H24FIN4O. The van der Waals surface area contributed by atoms with Crippen molar-refractivity contribution in [3.63, 3.8) is 0 Å². The number of nitrogens with zero attached hydrogens (tertiary/aromatic N) is 1. The summed E-state index contributed by atoms with van der Waals surface area (Å²) in [4.78, 5) is 16.0. The smallest absolute Gasteiger partial charge is 0.224 e. The van der Waals surface area contributed by atoms with Crippen LogP contribution < -0.4 is 16.0 Å². The third-order valence-electron chi connectivity index (χ3n) is 3.52. The SMILES string of the molecule is CN=C(NCCNC(=O)Cc1cccc(F)c1)NCc1ccccc1.I. The first-order valence-corrected chi connectivity index (χ1v) is 8.17. The summed E-state index contributed by atoms with van der Waals surface area (Å²) in [6.45, 7) is 1.68. The van der Waals surface area contributed by atoms with E-state index in [1.165, 1.54) is 12.1 Å². The van der Waals surface area contributed by atoms with E-state index in [2.05, 4.69) is 20.9 Å². The monoisotopic (exact) mass is 470 g/mol. The highest BCUT2D eigenvalue weighted by molar-refractivity contribution is 14.0. The number of nitrogens with one attached hydrogen (secondary N) is 3. The van der Waals surface area contributed by atoms with Gasteiger partial charge in [0.15, 0.2) is 5.96 Å². The average Bonchev–Trinajstić information content (AvgIpc) is 2.62. The molecule has 140 valence electrons. The first kappa shape index (κ1) is 21.9. The molecule has 5 nitrogen and oxygen atoms in total. The summed E-state index contributed by atoms with van der Waals surface area (Å²) in [6, 6.07) is 16.1. The predicted octanol–water partition coefficient (Wildman–Crippen LogP) is 2.47. The van der Waals surface area contributed by atoms with Gasteiger partial charge in [0.05, 0.1) is 6.42 Å². The first-order valence-electron chi connectivity index (χ1n) is 8.17. The molecule has 1 amide bonds. The van der Waals surface area contributed by atoms with Gasteiger partial charge in [-0.2, -0.15) is 0 Å². The molecule has 2 rings (SSSR count). The van der Waals surface area contributed by atoms with Gasteiger partial charge in [-0.25, -0.2) is 4.39 Å². The van der Waals surface area contributed by atoms with Gasteiger partial charge in [0.2, 0.25) is 5.91 Å². The van der Waals surface area contributed by atoms with Crippen LogP contribution in [0.1, 0.15) is 11.1 Å². The second-order valence-corrected chi connectivity index (χ2v) is 5.49. The summed E-state index contributed by atoms with van der Waals surface area (Å²) >= 11 is 0. The van der Waals surface area contributed by atoms with E-state index in [-0.39, 0.29) is 42.1 Å². The lowest BCUT2D eigenvalue weighted by Gasteiger charge is -2.12. The Balaban J connectivity index is 0.00000338. The molecule has 0 heterocycles. The highest BCUT2D eigenvalue weighted by Crippen LogP contribution is 2.03. The fourth-order valence-electron chi connectivity index (χ4n) is 2.28. The van der Waals surface area contributed by atoms with Crippen LogP contribution in [-0.4, -0.2) is 32.0 Å². The van der Waals surface area contributed by atoms with E-state index in [4.69, 9.17) is 0 Å². The van der Waals surface area contributed by atoms with Crippen molar-refractivity contribution < 1.29 is 9.18 Å². The van der Waals surface area contributed by atoms with E-state index in [1.54, 1.807) is 19.2 Å². The van der Waals surface area contributed by atoms with Gasteiger partial charge in [-0.15, -0.1) is 24.0 Å². The van der Waals surface area contributed by atoms with Crippen LogP contribution in [0.4, 0.5) is 4.39 Å². The van der Waals surface area contributed by atoms with E-state index < -0.39 is 0 Å². The molecule has 0 aliphatic carbocycles. The molecule has 0 aliphatic heterocycles. The Morgan fingerprint density at radius 3 is 2.35 bits per heavy atom. The van der Waals surface area contributed by atoms with Crippen molar-refractivity contribution in [1.29, 1.82) is 0 Å². The fraction of sp³-hybridized carbons (Fsp3) is 0.263. The van der Waals surface area contributed by atoms with Gasteiger partial charge in [-0.05, 0) is 23.3 Å². The quantitative estimate of drug-likeness (QED) is 0.252. The Labute approximate surface area is 170 Å². The van der Waals surface area contributed by atoms with Crippen molar-refractivity contribution in [1.82, 2.24) is 16.0 Å². The summed E-state index contributed by atoms with van der Waals surface area (Å²) in [5.74, 6) is 0.197. The van der Waals surface area contributed by atoms with Gasteiger partial charge in [0, 0.05) is 26.7 Å². The number of carbonyl (C=O) groups is 1. The maximum Gasteiger partial charge on any atom is 0.224 e. The van der Waals surface area contributed by atoms with Crippen LogP contribution in [0.3, 0.4) is 0 Å². The number of hydrogen-bond donors (Lipinski definition) is 3. The van der Waals surface area contributed by atoms with E-state index in [0.717, 1.165) is 5.56 Å². The molecule has 2 aromatic carbocycles. The molecule has 0 unspecified atom stereocenters. The highest BCUT2D eigenvalue weighted by Gasteiger charge is 2.04. The Kier molecular flexibility index (Phi) is 10.3. The number of amides is 1. The van der Waals surface area contributed by atoms with Gasteiger partial charge >= 0.3 is 0 Å². The molecule has 0 atom stereocenters. The second kappa shape index (κ2) is 12.2. The minimum absolute atomic E-state index is 0. The highest BCUT2D eigenvalue weighted by atomic mass is 127. The Bertz CT molecular complexity index is 710. The summed E-state index contributed by atoms with van der Waals surface area (Å²) in [6.07, 6.45) is 0.165. The first-order chi connectivity index (χ1) is 12.2. The Morgan fingerprint density at radius 2 is 1.65 bits per heavy atom. The molecular weight excluding hydrogens is 446 g/mol. The van der Waals surface area contributed by atoms with E-state index in [0.29, 0.717) is 31.2 Å². The minimum Gasteiger partial charge on any atom is -0.355 e.